The van der Waals surface area contributed by atoms with Crippen LogP contribution in [-0.4, -0.2) is 25.2 Å². The van der Waals surface area contributed by atoms with Crippen LogP contribution in [0.25, 0.3) is 0 Å². The van der Waals surface area contributed by atoms with Crippen LogP contribution in [0.1, 0.15) is 23.2 Å². The lowest BCUT2D eigenvalue weighted by Crippen LogP contribution is -2.15. The van der Waals surface area contributed by atoms with E-state index in [1.165, 1.54) is 0 Å². The molecule has 0 N–H and O–H groups in total. The van der Waals surface area contributed by atoms with Gasteiger partial charge in [-0.15, -0.1) is 0 Å². The van der Waals surface area contributed by atoms with Gasteiger partial charge in [0.05, 0.1) is 26.2 Å². The second kappa shape index (κ2) is 6.02. The molecule has 9 heteroatoms. The Kier molecular flexibility index (Phi) is 4.85. The van der Waals surface area contributed by atoms with Crippen molar-refractivity contribution < 1.29 is 36.2 Å². The van der Waals surface area contributed by atoms with Crippen LogP contribution in [-0.2, 0) is 22.1 Å². The minimum Gasteiger partial charge on any atom is -0.481 e. The number of hydrogen-bond acceptors (Lipinski definition) is 4. The molecule has 1 aromatic heterocycles. The third-order valence-corrected chi connectivity index (χ3v) is 2.37. The molecule has 0 saturated carbocycles. The summed E-state index contributed by atoms with van der Waals surface area (Å²) in [5.74, 6) is -1.82. The lowest BCUT2D eigenvalue weighted by atomic mass is 10.1. The highest BCUT2D eigenvalue weighted by molar-refractivity contribution is 5.73. The molecule has 0 aliphatic heterocycles. The van der Waals surface area contributed by atoms with Crippen LogP contribution in [0.2, 0.25) is 0 Å². The Hall–Kier alpha value is -1.93. The van der Waals surface area contributed by atoms with Gasteiger partial charge in [-0.2, -0.15) is 13.2 Å². The van der Waals surface area contributed by atoms with E-state index in [0.29, 0.717) is 6.07 Å². The molecule has 0 aliphatic rings. The lowest BCUT2D eigenvalue weighted by Gasteiger charge is -2.15. The van der Waals surface area contributed by atoms with Crippen LogP contribution in [0, 0.1) is 0 Å². The summed E-state index contributed by atoms with van der Waals surface area (Å²) < 4.78 is 72.4. The molecule has 1 aromatic rings. The fourth-order valence-electron chi connectivity index (χ4n) is 1.49. The van der Waals surface area contributed by atoms with Crippen LogP contribution >= 0.6 is 0 Å². The molecule has 0 fully saturated rings. The van der Waals surface area contributed by atoms with Gasteiger partial charge in [0.1, 0.15) is 5.69 Å². The summed E-state index contributed by atoms with van der Waals surface area (Å²) in [6, 6.07) is 0.390. The van der Waals surface area contributed by atoms with Crippen LogP contribution in [0.15, 0.2) is 6.07 Å². The first-order valence-electron chi connectivity index (χ1n) is 5.20. The average Bonchev–Trinajstić information content (AvgIpc) is 2.35. The number of esters is 1. The van der Waals surface area contributed by atoms with Crippen LogP contribution in [0.4, 0.5) is 22.0 Å². The van der Waals surface area contributed by atoms with Gasteiger partial charge in [-0.05, 0) is 11.6 Å². The van der Waals surface area contributed by atoms with Gasteiger partial charge in [-0.3, -0.25) is 4.79 Å². The number of nitrogens with zero attached hydrogens (tertiary/aromatic N) is 1. The number of pyridine rings is 1. The van der Waals surface area contributed by atoms with Gasteiger partial charge >= 0.3 is 12.1 Å². The second-order valence-electron chi connectivity index (χ2n) is 3.64. The maximum absolute atomic E-state index is 12.9. The monoisotopic (exact) mass is 299 g/mol. The molecule has 112 valence electrons. The van der Waals surface area contributed by atoms with Crippen molar-refractivity contribution in [1.29, 1.82) is 0 Å². The van der Waals surface area contributed by atoms with Crippen molar-refractivity contribution in [1.82, 2.24) is 4.98 Å². The first kappa shape index (κ1) is 16.1. The predicted octanol–water partition coefficient (Wildman–Crippen LogP) is 2.76. The number of halogens is 5. The molecule has 0 saturated heterocycles. The van der Waals surface area contributed by atoms with Gasteiger partial charge < -0.3 is 9.47 Å². The summed E-state index contributed by atoms with van der Waals surface area (Å²) in [6.07, 6.45) is -8.73. The highest BCUT2D eigenvalue weighted by atomic mass is 19.4. The standard InChI is InChI=1S/C11H10F5NO3/c1-19-7(18)4-5-3-6(11(14,15)16)17-10(20-2)8(5)9(12)13/h3,9H,4H2,1-2H3. The normalized spacial score (nSPS) is 11.6. The molecule has 1 heterocycles. The molecule has 0 unspecified atom stereocenters. The van der Waals surface area contributed by atoms with Crippen molar-refractivity contribution in [2.24, 2.45) is 0 Å². The summed E-state index contributed by atoms with van der Waals surface area (Å²) in [7, 11) is 1.91. The van der Waals surface area contributed by atoms with Crippen LogP contribution in [0.3, 0.4) is 0 Å². The van der Waals surface area contributed by atoms with Gasteiger partial charge in [-0.1, -0.05) is 0 Å². The Bertz CT molecular complexity index is 502. The zero-order valence-electron chi connectivity index (χ0n) is 10.4. The van der Waals surface area contributed by atoms with Crippen molar-refractivity contribution >= 4 is 5.97 Å². The third-order valence-electron chi connectivity index (χ3n) is 2.37. The molecular formula is C11H10F5NO3. The SMILES string of the molecule is COC(=O)Cc1cc(C(F)(F)F)nc(OC)c1C(F)F. The average molecular weight is 299 g/mol. The summed E-state index contributed by atoms with van der Waals surface area (Å²) >= 11 is 0. The van der Waals surface area contributed by atoms with E-state index in [9.17, 15) is 26.7 Å². The van der Waals surface area contributed by atoms with E-state index >= 15 is 0 Å². The van der Waals surface area contributed by atoms with E-state index in [2.05, 4.69) is 14.5 Å². The fraction of sp³-hybridized carbons (Fsp3) is 0.455. The van der Waals surface area contributed by atoms with E-state index in [1.807, 2.05) is 0 Å². The zero-order chi connectivity index (χ0) is 15.5. The van der Waals surface area contributed by atoms with E-state index < -0.39 is 47.7 Å². The molecule has 0 aliphatic carbocycles. The number of carbonyl (C=O) groups excluding carboxylic acids is 1. The molecule has 0 amide bonds. The minimum atomic E-state index is -4.85. The van der Waals surface area contributed by atoms with E-state index in [1.54, 1.807) is 0 Å². The molecule has 4 nitrogen and oxygen atoms in total. The van der Waals surface area contributed by atoms with Gasteiger partial charge in [0.2, 0.25) is 5.88 Å². The summed E-state index contributed by atoms with van der Waals surface area (Å²) in [5.41, 5.74) is -2.81. The number of rotatable bonds is 4. The van der Waals surface area contributed by atoms with E-state index in [-0.39, 0.29) is 0 Å². The fourth-order valence-corrected chi connectivity index (χ4v) is 1.49. The maximum atomic E-state index is 12.9. The molecular weight excluding hydrogens is 289 g/mol. The van der Waals surface area contributed by atoms with Crippen molar-refractivity contribution in [3.05, 3.63) is 22.9 Å². The summed E-state index contributed by atoms with van der Waals surface area (Å²) in [6.45, 7) is 0. The number of alkyl halides is 5. The van der Waals surface area contributed by atoms with Gasteiger partial charge in [0.25, 0.3) is 6.43 Å². The zero-order valence-corrected chi connectivity index (χ0v) is 10.4. The number of carbonyl (C=O) groups is 1. The lowest BCUT2D eigenvalue weighted by molar-refractivity contribution is -0.142. The molecule has 0 atom stereocenters. The Morgan fingerprint density at radius 2 is 1.95 bits per heavy atom. The molecule has 0 spiro atoms. The quantitative estimate of drug-likeness (QED) is 0.633. The second-order valence-corrected chi connectivity index (χ2v) is 3.64. The highest BCUT2D eigenvalue weighted by Gasteiger charge is 2.36. The summed E-state index contributed by atoms with van der Waals surface area (Å²) in [4.78, 5) is 14.1. The van der Waals surface area contributed by atoms with Crippen molar-refractivity contribution in [2.45, 2.75) is 19.0 Å². The van der Waals surface area contributed by atoms with Crippen molar-refractivity contribution in [3.63, 3.8) is 0 Å². The van der Waals surface area contributed by atoms with Crippen LogP contribution < -0.4 is 4.74 Å². The molecule has 20 heavy (non-hydrogen) atoms. The van der Waals surface area contributed by atoms with Crippen molar-refractivity contribution in [2.75, 3.05) is 14.2 Å². The summed E-state index contributed by atoms with van der Waals surface area (Å²) in [5, 5.41) is 0. The van der Waals surface area contributed by atoms with Gasteiger partial charge in [0.15, 0.2) is 0 Å². The molecule has 0 radical (unpaired) electrons. The Morgan fingerprint density at radius 3 is 2.35 bits per heavy atom. The Labute approximate surface area is 110 Å². The third kappa shape index (κ3) is 3.55. The first-order chi connectivity index (χ1) is 9.20. The maximum Gasteiger partial charge on any atom is 0.433 e. The Balaban J connectivity index is 3.45. The van der Waals surface area contributed by atoms with Crippen molar-refractivity contribution in [3.8, 4) is 5.88 Å². The number of hydrogen-bond donors (Lipinski definition) is 0. The van der Waals surface area contributed by atoms with Gasteiger partial charge in [0, 0.05) is 0 Å². The highest BCUT2D eigenvalue weighted by Crippen LogP contribution is 2.36. The largest absolute Gasteiger partial charge is 0.481 e. The van der Waals surface area contributed by atoms with Gasteiger partial charge in [-0.25, -0.2) is 13.8 Å². The first-order valence-corrected chi connectivity index (χ1v) is 5.20. The Morgan fingerprint density at radius 1 is 1.35 bits per heavy atom. The topological polar surface area (TPSA) is 48.4 Å². The van der Waals surface area contributed by atoms with E-state index in [0.717, 1.165) is 14.2 Å². The smallest absolute Gasteiger partial charge is 0.433 e. The molecule has 0 aromatic carbocycles. The molecule has 0 bridgehead atoms. The number of aromatic nitrogens is 1. The number of ether oxygens (including phenoxy) is 2. The van der Waals surface area contributed by atoms with Crippen LogP contribution in [0.5, 0.6) is 5.88 Å². The predicted molar refractivity (Wildman–Crippen MR) is 56.5 cm³/mol. The molecule has 1 rings (SSSR count). The number of methoxy groups -OCH3 is 2. The minimum absolute atomic E-state index is 0.390. The van der Waals surface area contributed by atoms with E-state index in [4.69, 9.17) is 0 Å².